The third-order valence-corrected chi connectivity index (χ3v) is 3.16. The van der Waals surface area contributed by atoms with Gasteiger partial charge in [0.25, 0.3) is 0 Å². The molecule has 3 heterocycles. The van der Waals surface area contributed by atoms with Crippen LogP contribution in [0.3, 0.4) is 0 Å². The van der Waals surface area contributed by atoms with Crippen LogP contribution in [0.25, 0.3) is 11.2 Å². The number of H-pyrrole nitrogens is 1. The Morgan fingerprint density at radius 1 is 1.44 bits per heavy atom. The van der Waals surface area contributed by atoms with E-state index in [1.165, 1.54) is 0 Å². The van der Waals surface area contributed by atoms with Gasteiger partial charge in [-0.05, 0) is 24.4 Å². The fraction of sp³-hybridized carbons (Fsp3) is 0.444. The minimum Gasteiger partial charge on any atom is -0.368 e. The molecule has 18 heavy (non-hydrogen) atoms. The van der Waals surface area contributed by atoms with Crippen LogP contribution in [0, 0.1) is 0 Å². The number of nitrogens with one attached hydrogen (secondary N) is 1. The van der Waals surface area contributed by atoms with E-state index in [4.69, 9.17) is 17.3 Å². The van der Waals surface area contributed by atoms with Crippen LogP contribution in [0.5, 0.6) is 0 Å². The van der Waals surface area contributed by atoms with Crippen LogP contribution in [-0.4, -0.2) is 43.9 Å². The van der Waals surface area contributed by atoms with Gasteiger partial charge >= 0.3 is 0 Å². The highest BCUT2D eigenvalue weighted by atomic mass is 35.5. The van der Waals surface area contributed by atoms with Crippen molar-refractivity contribution in [3.8, 4) is 0 Å². The molecule has 1 fully saturated rings. The van der Waals surface area contributed by atoms with Gasteiger partial charge in [0.05, 0.1) is 0 Å². The maximum atomic E-state index is 11.4. The summed E-state index contributed by atoms with van der Waals surface area (Å²) in [6.07, 6.45) is 1.57. The van der Waals surface area contributed by atoms with Gasteiger partial charge in [-0.25, -0.2) is 0 Å². The van der Waals surface area contributed by atoms with Crippen LogP contribution in [0.4, 0.5) is 5.82 Å². The quantitative estimate of drug-likeness (QED) is 0.732. The SMILES string of the molecule is NC(=O)[C@@H]1CCCN1c1nc(Cl)nc2n[nH]nc12. The Labute approximate surface area is 107 Å². The first kappa shape index (κ1) is 11.1. The van der Waals surface area contributed by atoms with Crippen LogP contribution >= 0.6 is 11.6 Å². The van der Waals surface area contributed by atoms with E-state index in [-0.39, 0.29) is 17.2 Å². The number of aromatic nitrogens is 5. The lowest BCUT2D eigenvalue weighted by atomic mass is 10.2. The number of nitrogens with zero attached hydrogens (tertiary/aromatic N) is 5. The summed E-state index contributed by atoms with van der Waals surface area (Å²) in [6.45, 7) is 0.683. The Balaban J connectivity index is 2.13. The molecule has 0 saturated carbocycles. The van der Waals surface area contributed by atoms with Crippen molar-refractivity contribution in [3.05, 3.63) is 5.28 Å². The van der Waals surface area contributed by atoms with E-state index in [9.17, 15) is 4.79 Å². The highest BCUT2D eigenvalue weighted by molar-refractivity contribution is 6.28. The van der Waals surface area contributed by atoms with Gasteiger partial charge < -0.3 is 10.6 Å². The number of carbonyl (C=O) groups excluding carboxylic acids is 1. The van der Waals surface area contributed by atoms with E-state index in [0.29, 0.717) is 29.9 Å². The van der Waals surface area contributed by atoms with Crippen LogP contribution in [-0.2, 0) is 4.79 Å². The number of carbonyl (C=O) groups is 1. The molecule has 1 saturated heterocycles. The van der Waals surface area contributed by atoms with E-state index in [1.54, 1.807) is 4.90 Å². The fourth-order valence-electron chi connectivity index (χ4n) is 2.22. The van der Waals surface area contributed by atoms with E-state index in [2.05, 4.69) is 25.4 Å². The number of fused-ring (bicyclic) bond motifs is 1. The summed E-state index contributed by atoms with van der Waals surface area (Å²) in [4.78, 5) is 21.3. The summed E-state index contributed by atoms with van der Waals surface area (Å²) in [5.41, 5.74) is 6.25. The summed E-state index contributed by atoms with van der Waals surface area (Å²) in [7, 11) is 0. The molecule has 94 valence electrons. The molecule has 3 rings (SSSR count). The smallest absolute Gasteiger partial charge is 0.240 e. The number of rotatable bonds is 2. The van der Waals surface area contributed by atoms with Crippen molar-refractivity contribution in [2.45, 2.75) is 18.9 Å². The minimum atomic E-state index is -0.379. The monoisotopic (exact) mass is 267 g/mol. The fourth-order valence-corrected chi connectivity index (χ4v) is 2.38. The van der Waals surface area contributed by atoms with Crippen molar-refractivity contribution in [2.75, 3.05) is 11.4 Å². The molecule has 8 nitrogen and oxygen atoms in total. The second kappa shape index (κ2) is 4.05. The largest absolute Gasteiger partial charge is 0.368 e. The molecule has 0 bridgehead atoms. The van der Waals surface area contributed by atoms with Crippen molar-refractivity contribution in [1.29, 1.82) is 0 Å². The van der Waals surface area contributed by atoms with Crippen LogP contribution < -0.4 is 10.6 Å². The Bertz CT molecular complexity index is 612. The summed E-state index contributed by atoms with van der Waals surface area (Å²) < 4.78 is 0. The summed E-state index contributed by atoms with van der Waals surface area (Å²) in [6, 6.07) is -0.379. The first-order chi connectivity index (χ1) is 8.66. The summed E-state index contributed by atoms with van der Waals surface area (Å²) >= 11 is 5.84. The molecular formula is C9H10ClN7O. The topological polar surface area (TPSA) is 114 Å². The molecule has 0 aromatic carbocycles. The zero-order valence-electron chi connectivity index (χ0n) is 9.30. The number of primary amides is 1. The van der Waals surface area contributed by atoms with Gasteiger partial charge in [-0.1, -0.05) is 0 Å². The lowest BCUT2D eigenvalue weighted by molar-refractivity contribution is -0.119. The molecule has 3 N–H and O–H groups in total. The zero-order valence-corrected chi connectivity index (χ0v) is 10.1. The molecule has 1 aliphatic rings. The predicted molar refractivity (Wildman–Crippen MR) is 64.1 cm³/mol. The standard InChI is InChI=1S/C9H10ClN7O/c10-9-12-7-5(14-16-15-7)8(13-9)17-3-1-2-4(17)6(11)18/h4H,1-3H2,(H2,11,18)(H,12,13,14,15,16)/t4-/m0/s1. The number of aromatic amines is 1. The molecule has 9 heteroatoms. The summed E-state index contributed by atoms with van der Waals surface area (Å²) in [5.74, 6) is 0.124. The molecule has 0 radical (unpaired) electrons. The van der Waals surface area contributed by atoms with E-state index >= 15 is 0 Å². The van der Waals surface area contributed by atoms with Gasteiger partial charge in [0.1, 0.15) is 6.04 Å². The van der Waals surface area contributed by atoms with Gasteiger partial charge in [-0.15, -0.1) is 5.10 Å². The molecule has 0 unspecified atom stereocenters. The maximum absolute atomic E-state index is 11.4. The second-order valence-electron chi connectivity index (χ2n) is 4.07. The first-order valence-electron chi connectivity index (χ1n) is 5.47. The Morgan fingerprint density at radius 2 is 2.28 bits per heavy atom. The molecule has 2 aromatic rings. The van der Waals surface area contributed by atoms with E-state index < -0.39 is 0 Å². The highest BCUT2D eigenvalue weighted by Crippen LogP contribution is 2.28. The third-order valence-electron chi connectivity index (χ3n) is 2.99. The second-order valence-corrected chi connectivity index (χ2v) is 4.40. The van der Waals surface area contributed by atoms with Crippen molar-refractivity contribution in [2.24, 2.45) is 5.73 Å². The van der Waals surface area contributed by atoms with Gasteiger partial charge in [0.15, 0.2) is 11.3 Å². The molecule has 0 aliphatic carbocycles. The van der Waals surface area contributed by atoms with Crippen LogP contribution in [0.1, 0.15) is 12.8 Å². The average Bonchev–Trinajstić information content (AvgIpc) is 2.95. The third kappa shape index (κ3) is 1.65. The maximum Gasteiger partial charge on any atom is 0.240 e. The van der Waals surface area contributed by atoms with Gasteiger partial charge in [-0.2, -0.15) is 20.3 Å². The number of hydrogen-bond acceptors (Lipinski definition) is 6. The Hall–Kier alpha value is -1.96. The number of halogens is 1. The van der Waals surface area contributed by atoms with Crippen molar-refractivity contribution >= 4 is 34.5 Å². The molecule has 0 spiro atoms. The number of anilines is 1. The number of amides is 1. The van der Waals surface area contributed by atoms with E-state index in [0.717, 1.165) is 6.42 Å². The molecule has 1 atom stereocenters. The predicted octanol–water partition coefficient (Wildman–Crippen LogP) is -0.145. The van der Waals surface area contributed by atoms with Gasteiger partial charge in [0.2, 0.25) is 16.8 Å². The number of hydrogen-bond donors (Lipinski definition) is 2. The number of nitrogens with two attached hydrogens (primary N) is 1. The average molecular weight is 268 g/mol. The van der Waals surface area contributed by atoms with Gasteiger partial charge in [-0.3, -0.25) is 4.79 Å². The Kier molecular flexibility index (Phi) is 2.51. The van der Waals surface area contributed by atoms with Crippen molar-refractivity contribution in [1.82, 2.24) is 25.4 Å². The Morgan fingerprint density at radius 3 is 3.06 bits per heavy atom. The zero-order chi connectivity index (χ0) is 12.7. The van der Waals surface area contributed by atoms with Crippen molar-refractivity contribution in [3.63, 3.8) is 0 Å². The highest BCUT2D eigenvalue weighted by Gasteiger charge is 2.32. The van der Waals surface area contributed by atoms with Gasteiger partial charge in [0, 0.05) is 6.54 Å². The van der Waals surface area contributed by atoms with Crippen LogP contribution in [0.15, 0.2) is 0 Å². The van der Waals surface area contributed by atoms with Crippen molar-refractivity contribution < 1.29 is 4.79 Å². The van der Waals surface area contributed by atoms with E-state index in [1.807, 2.05) is 0 Å². The normalized spacial score (nSPS) is 19.6. The minimum absolute atomic E-state index is 0.0709. The van der Waals surface area contributed by atoms with Crippen LogP contribution in [0.2, 0.25) is 5.28 Å². The lowest BCUT2D eigenvalue weighted by Crippen LogP contribution is -2.40. The lowest BCUT2D eigenvalue weighted by Gasteiger charge is -2.22. The first-order valence-corrected chi connectivity index (χ1v) is 5.84. The molecule has 1 aliphatic heterocycles. The molecule has 1 amide bonds. The summed E-state index contributed by atoms with van der Waals surface area (Å²) in [5, 5.41) is 10.4. The molecular weight excluding hydrogens is 258 g/mol. The molecule has 2 aromatic heterocycles.